The van der Waals surface area contributed by atoms with Gasteiger partial charge in [0.1, 0.15) is 17.7 Å². The zero-order chi connectivity index (χ0) is 22.6. The lowest BCUT2D eigenvalue weighted by atomic mass is 10.1. The van der Waals surface area contributed by atoms with Gasteiger partial charge in [0.05, 0.1) is 13.0 Å². The van der Waals surface area contributed by atoms with Crippen LogP contribution in [0.3, 0.4) is 0 Å². The van der Waals surface area contributed by atoms with Gasteiger partial charge in [-0.3, -0.25) is 15.0 Å². The number of hydrogen-bond donors (Lipinski definition) is 6. The summed E-state index contributed by atoms with van der Waals surface area (Å²) < 4.78 is 9.96. The van der Waals surface area contributed by atoms with Crippen LogP contribution in [0.1, 0.15) is 12.0 Å². The van der Waals surface area contributed by atoms with Gasteiger partial charge >= 0.3 is 6.16 Å². The highest BCUT2D eigenvalue weighted by Gasteiger charge is 2.32. The molecule has 1 aliphatic heterocycles. The van der Waals surface area contributed by atoms with Crippen molar-refractivity contribution in [2.75, 3.05) is 23.4 Å². The van der Waals surface area contributed by atoms with Gasteiger partial charge < -0.3 is 40.7 Å². The fraction of sp³-hybridized carbons (Fsp3) is 0.250. The van der Waals surface area contributed by atoms with Crippen molar-refractivity contribution in [3.63, 3.8) is 0 Å². The molecule has 1 fully saturated rings. The molecule has 7 N–H and O–H groups in total. The Balaban J connectivity index is 1.61. The molecule has 1 aliphatic rings. The molecule has 2 aromatic carbocycles. The maximum Gasteiger partial charge on any atom is 0.453 e. The smallest absolute Gasteiger partial charge is 0.417 e. The number of morpholine rings is 1. The van der Waals surface area contributed by atoms with E-state index < -0.39 is 24.1 Å². The van der Waals surface area contributed by atoms with Crippen molar-refractivity contribution < 1.29 is 34.4 Å². The van der Waals surface area contributed by atoms with Gasteiger partial charge in [-0.2, -0.15) is 0 Å². The van der Waals surface area contributed by atoms with Crippen LogP contribution in [0, 0.1) is 5.41 Å². The minimum Gasteiger partial charge on any atom is -0.417 e. The number of nitrogen functional groups attached to an aromatic ring is 1. The summed E-state index contributed by atoms with van der Waals surface area (Å²) in [6.45, 7) is 0.496. The lowest BCUT2D eigenvalue weighted by Gasteiger charge is -2.32. The minimum atomic E-state index is -3.30. The SMILES string of the molecule is N=C(N)c1ccc(NC(=O)CC2OCCN(c3ccc(OC(O)(O)O)cc3)C2=O)cc1. The van der Waals surface area contributed by atoms with Crippen molar-refractivity contribution >= 4 is 29.0 Å². The third-order valence-corrected chi connectivity index (χ3v) is 4.43. The molecule has 0 saturated carbocycles. The summed E-state index contributed by atoms with van der Waals surface area (Å²) in [5, 5.41) is 36.6. The molecule has 0 aromatic heterocycles. The van der Waals surface area contributed by atoms with E-state index in [4.69, 9.17) is 31.2 Å². The molecule has 0 spiro atoms. The van der Waals surface area contributed by atoms with Crippen LogP contribution in [0.5, 0.6) is 5.75 Å². The number of nitrogens with one attached hydrogen (secondary N) is 2. The van der Waals surface area contributed by atoms with Crippen molar-refractivity contribution in [2.45, 2.75) is 18.7 Å². The number of ether oxygens (including phenoxy) is 2. The fourth-order valence-electron chi connectivity index (χ4n) is 3.01. The number of amidine groups is 1. The van der Waals surface area contributed by atoms with E-state index in [-0.39, 0.29) is 31.2 Å². The average Bonchev–Trinajstić information content (AvgIpc) is 2.69. The predicted molar refractivity (Wildman–Crippen MR) is 109 cm³/mol. The Bertz CT molecular complexity index is 955. The lowest BCUT2D eigenvalue weighted by molar-refractivity contribution is -0.419. The van der Waals surface area contributed by atoms with E-state index in [0.29, 0.717) is 16.9 Å². The van der Waals surface area contributed by atoms with Crippen molar-refractivity contribution in [3.8, 4) is 5.75 Å². The molecule has 164 valence electrons. The van der Waals surface area contributed by atoms with Gasteiger partial charge in [-0.25, -0.2) is 0 Å². The van der Waals surface area contributed by atoms with Crippen molar-refractivity contribution in [1.82, 2.24) is 0 Å². The molecule has 3 rings (SSSR count). The number of amides is 2. The Morgan fingerprint density at radius 1 is 1.19 bits per heavy atom. The fourth-order valence-corrected chi connectivity index (χ4v) is 3.01. The topological polar surface area (TPSA) is 178 Å². The van der Waals surface area contributed by atoms with Gasteiger partial charge in [0.2, 0.25) is 5.91 Å². The third-order valence-electron chi connectivity index (χ3n) is 4.43. The van der Waals surface area contributed by atoms with Crippen molar-refractivity contribution in [2.24, 2.45) is 5.73 Å². The molecule has 2 amide bonds. The number of nitrogens with zero attached hydrogens (tertiary/aromatic N) is 1. The van der Waals surface area contributed by atoms with Crippen LogP contribution in [0.2, 0.25) is 0 Å². The molecule has 1 saturated heterocycles. The first-order valence-electron chi connectivity index (χ1n) is 9.26. The van der Waals surface area contributed by atoms with Crippen LogP contribution in [0.25, 0.3) is 0 Å². The molecule has 11 heteroatoms. The highest BCUT2D eigenvalue weighted by Crippen LogP contribution is 2.24. The standard InChI is InChI=1S/C20H22N4O7/c21-18(22)12-1-3-13(4-2-12)23-17(25)11-16-19(26)24(9-10-30-16)14-5-7-15(8-6-14)31-20(27,28)29/h1-8,16,27-29H,9-11H2,(H3,21,22)(H,23,25). The van der Waals surface area contributed by atoms with E-state index in [1.807, 2.05) is 0 Å². The molecule has 1 heterocycles. The zero-order valence-electron chi connectivity index (χ0n) is 16.3. The van der Waals surface area contributed by atoms with Crippen LogP contribution < -0.4 is 20.7 Å². The average molecular weight is 430 g/mol. The number of anilines is 2. The quantitative estimate of drug-likeness (QED) is 0.197. The van der Waals surface area contributed by atoms with Crippen molar-refractivity contribution in [3.05, 3.63) is 54.1 Å². The molecular weight excluding hydrogens is 408 g/mol. The molecular formula is C20H22N4O7. The van der Waals surface area contributed by atoms with Gasteiger partial charge in [0.25, 0.3) is 5.91 Å². The summed E-state index contributed by atoms with van der Waals surface area (Å²) in [5.74, 6) is -0.918. The largest absolute Gasteiger partial charge is 0.453 e. The summed E-state index contributed by atoms with van der Waals surface area (Å²) in [6.07, 6.45) is -4.46. The highest BCUT2D eigenvalue weighted by atomic mass is 16.9. The molecule has 0 radical (unpaired) electrons. The van der Waals surface area contributed by atoms with Crippen molar-refractivity contribution in [1.29, 1.82) is 5.41 Å². The molecule has 1 atom stereocenters. The van der Waals surface area contributed by atoms with Gasteiger partial charge in [0, 0.05) is 23.5 Å². The van der Waals surface area contributed by atoms with Gasteiger partial charge in [0.15, 0.2) is 0 Å². The Morgan fingerprint density at radius 2 is 1.84 bits per heavy atom. The van der Waals surface area contributed by atoms with E-state index in [1.54, 1.807) is 24.3 Å². The second kappa shape index (κ2) is 9.10. The second-order valence-corrected chi connectivity index (χ2v) is 6.76. The van der Waals surface area contributed by atoms with E-state index in [0.717, 1.165) is 0 Å². The maximum absolute atomic E-state index is 12.8. The predicted octanol–water partition coefficient (Wildman–Crippen LogP) is -0.302. The van der Waals surface area contributed by atoms with Gasteiger partial charge in [-0.1, -0.05) is 0 Å². The summed E-state index contributed by atoms with van der Waals surface area (Å²) >= 11 is 0. The monoisotopic (exact) mass is 430 g/mol. The first-order chi connectivity index (χ1) is 14.6. The Hall–Kier alpha value is -3.51. The minimum absolute atomic E-state index is 0.0244. The second-order valence-electron chi connectivity index (χ2n) is 6.76. The Labute approximate surface area is 177 Å². The highest BCUT2D eigenvalue weighted by molar-refractivity contribution is 6.02. The van der Waals surface area contributed by atoms with Crippen LogP contribution in [0.15, 0.2) is 48.5 Å². The van der Waals surface area contributed by atoms with E-state index in [9.17, 15) is 9.59 Å². The number of carbonyl (C=O) groups is 2. The van der Waals surface area contributed by atoms with Crippen LogP contribution in [-0.2, 0) is 14.3 Å². The Kier molecular flexibility index (Phi) is 6.51. The first kappa shape index (κ1) is 22.2. The summed E-state index contributed by atoms with van der Waals surface area (Å²) in [7, 11) is 0. The van der Waals surface area contributed by atoms with Crippen LogP contribution >= 0.6 is 0 Å². The summed E-state index contributed by atoms with van der Waals surface area (Å²) in [5.41, 5.74) is 6.91. The van der Waals surface area contributed by atoms with E-state index in [1.165, 1.54) is 29.2 Å². The molecule has 11 nitrogen and oxygen atoms in total. The Morgan fingerprint density at radius 3 is 2.42 bits per heavy atom. The molecule has 0 bridgehead atoms. The number of carbonyl (C=O) groups excluding carboxylic acids is 2. The third kappa shape index (κ3) is 5.99. The van der Waals surface area contributed by atoms with Crippen LogP contribution in [0.4, 0.5) is 11.4 Å². The molecule has 31 heavy (non-hydrogen) atoms. The van der Waals surface area contributed by atoms with E-state index in [2.05, 4.69) is 10.1 Å². The molecule has 0 aliphatic carbocycles. The normalized spacial score (nSPS) is 16.7. The maximum atomic E-state index is 12.8. The lowest BCUT2D eigenvalue weighted by Crippen LogP contribution is -2.49. The molecule has 1 unspecified atom stereocenters. The number of benzene rings is 2. The summed E-state index contributed by atoms with van der Waals surface area (Å²) in [6, 6.07) is 12.1. The number of hydrogen-bond acceptors (Lipinski definition) is 8. The van der Waals surface area contributed by atoms with Gasteiger partial charge in [-0.15, -0.1) is 0 Å². The zero-order valence-corrected chi connectivity index (χ0v) is 16.3. The van der Waals surface area contributed by atoms with Crippen LogP contribution in [-0.4, -0.2) is 58.4 Å². The summed E-state index contributed by atoms with van der Waals surface area (Å²) in [4.78, 5) is 26.6. The van der Waals surface area contributed by atoms with E-state index >= 15 is 0 Å². The molecule has 2 aromatic rings. The number of rotatable bonds is 7. The number of aliphatic hydroxyl groups is 3. The first-order valence-corrected chi connectivity index (χ1v) is 9.26. The number of nitrogens with two attached hydrogens (primary N) is 1. The van der Waals surface area contributed by atoms with Gasteiger partial charge in [-0.05, 0) is 48.5 Å².